The van der Waals surface area contributed by atoms with E-state index in [0.717, 1.165) is 5.56 Å². The van der Waals surface area contributed by atoms with Crippen LogP contribution in [-0.4, -0.2) is 5.91 Å². The van der Waals surface area contributed by atoms with Gasteiger partial charge in [0.1, 0.15) is 11.4 Å². The molecule has 4 heteroatoms. The molecule has 0 spiro atoms. The molecule has 0 bridgehead atoms. The monoisotopic (exact) mass is 286 g/mol. The topological polar surface area (TPSA) is 55.1 Å². The molecule has 0 radical (unpaired) electrons. The number of carbonyl (C=O) groups excluding carboxylic acids is 1. The average molecular weight is 286 g/mol. The van der Waals surface area contributed by atoms with Gasteiger partial charge in [-0.15, -0.1) is 0 Å². The molecule has 0 aliphatic rings. The minimum atomic E-state index is -1.07. The van der Waals surface area contributed by atoms with Gasteiger partial charge in [-0.2, -0.15) is 0 Å². The van der Waals surface area contributed by atoms with Gasteiger partial charge in [0, 0.05) is 6.54 Å². The van der Waals surface area contributed by atoms with Crippen molar-refractivity contribution in [2.75, 3.05) is 0 Å². The normalized spacial score (nSPS) is 13.6. The Morgan fingerprint density at radius 1 is 1.19 bits per heavy atom. The van der Waals surface area contributed by atoms with Crippen molar-refractivity contribution in [1.29, 1.82) is 0 Å². The fourth-order valence-corrected chi connectivity index (χ4v) is 2.44. The van der Waals surface area contributed by atoms with E-state index in [1.165, 1.54) is 12.1 Å². The highest BCUT2D eigenvalue weighted by Gasteiger charge is 2.36. The number of hydrogen-bond donors (Lipinski definition) is 2. The van der Waals surface area contributed by atoms with Gasteiger partial charge in [0.25, 0.3) is 0 Å². The molecular formula is C17H19FN2O. The van der Waals surface area contributed by atoms with Crippen molar-refractivity contribution >= 4 is 5.91 Å². The summed E-state index contributed by atoms with van der Waals surface area (Å²) in [5.41, 5.74) is 6.12. The van der Waals surface area contributed by atoms with Crippen molar-refractivity contribution in [1.82, 2.24) is 5.32 Å². The average Bonchev–Trinajstić information content (AvgIpc) is 2.49. The summed E-state index contributed by atoms with van der Waals surface area (Å²) in [6.07, 6.45) is 0.443. The molecule has 0 aliphatic heterocycles. The molecule has 0 saturated heterocycles. The molecule has 0 saturated carbocycles. The van der Waals surface area contributed by atoms with Crippen LogP contribution in [-0.2, 0) is 16.9 Å². The molecule has 3 N–H and O–H groups in total. The van der Waals surface area contributed by atoms with Crippen molar-refractivity contribution in [3.05, 3.63) is 71.5 Å². The zero-order valence-corrected chi connectivity index (χ0v) is 12.0. The standard InChI is InChI=1S/C17H19FN2O/c1-2-17(16(19)21,14-9-6-10-15(18)11-14)20-12-13-7-4-3-5-8-13/h3-11,20H,2,12H2,1H3,(H2,19,21). The minimum Gasteiger partial charge on any atom is -0.368 e. The summed E-state index contributed by atoms with van der Waals surface area (Å²) in [5.74, 6) is -0.889. The van der Waals surface area contributed by atoms with Gasteiger partial charge >= 0.3 is 0 Å². The van der Waals surface area contributed by atoms with Crippen molar-refractivity contribution in [2.45, 2.75) is 25.4 Å². The van der Waals surface area contributed by atoms with Gasteiger partial charge in [0.15, 0.2) is 0 Å². The van der Waals surface area contributed by atoms with Crippen molar-refractivity contribution < 1.29 is 9.18 Å². The summed E-state index contributed by atoms with van der Waals surface area (Å²) in [6.45, 7) is 2.34. The Kier molecular flexibility index (Phi) is 4.70. The Hall–Kier alpha value is -2.20. The van der Waals surface area contributed by atoms with E-state index in [1.54, 1.807) is 12.1 Å². The summed E-state index contributed by atoms with van der Waals surface area (Å²) in [4.78, 5) is 12.0. The first-order chi connectivity index (χ1) is 10.1. The van der Waals surface area contributed by atoms with Crippen molar-refractivity contribution in [3.8, 4) is 0 Å². The first-order valence-electron chi connectivity index (χ1n) is 6.93. The number of hydrogen-bond acceptors (Lipinski definition) is 2. The van der Waals surface area contributed by atoms with Gasteiger partial charge in [-0.3, -0.25) is 10.1 Å². The lowest BCUT2D eigenvalue weighted by Gasteiger charge is -2.31. The Morgan fingerprint density at radius 3 is 2.48 bits per heavy atom. The van der Waals surface area contributed by atoms with E-state index in [0.29, 0.717) is 18.5 Å². The number of amides is 1. The molecule has 3 nitrogen and oxygen atoms in total. The summed E-state index contributed by atoms with van der Waals surface area (Å²) < 4.78 is 13.5. The SMILES string of the molecule is CCC(NCc1ccccc1)(C(N)=O)c1cccc(F)c1. The third kappa shape index (κ3) is 3.28. The molecule has 0 heterocycles. The van der Waals surface area contributed by atoms with Gasteiger partial charge in [0.05, 0.1) is 0 Å². The maximum absolute atomic E-state index is 13.5. The van der Waals surface area contributed by atoms with E-state index < -0.39 is 11.4 Å². The third-order valence-corrected chi connectivity index (χ3v) is 3.71. The number of halogens is 1. The van der Waals surface area contributed by atoms with E-state index in [9.17, 15) is 9.18 Å². The quantitative estimate of drug-likeness (QED) is 0.858. The molecule has 2 aromatic carbocycles. The molecule has 110 valence electrons. The minimum absolute atomic E-state index is 0.381. The molecule has 0 aromatic heterocycles. The van der Waals surface area contributed by atoms with Crippen molar-refractivity contribution in [2.24, 2.45) is 5.73 Å². The van der Waals surface area contributed by atoms with Gasteiger partial charge in [-0.1, -0.05) is 49.4 Å². The Morgan fingerprint density at radius 2 is 1.90 bits per heavy atom. The van der Waals surface area contributed by atoms with Crippen LogP contribution < -0.4 is 11.1 Å². The lowest BCUT2D eigenvalue weighted by Crippen LogP contribution is -2.52. The molecule has 1 atom stereocenters. The van der Waals surface area contributed by atoms with E-state index in [1.807, 2.05) is 37.3 Å². The molecule has 2 rings (SSSR count). The molecule has 0 fully saturated rings. The van der Waals surface area contributed by atoms with Gasteiger partial charge in [0.2, 0.25) is 5.91 Å². The van der Waals surface area contributed by atoms with Crippen LogP contribution in [0.25, 0.3) is 0 Å². The Balaban J connectivity index is 2.31. The zero-order chi connectivity index (χ0) is 15.3. The van der Waals surface area contributed by atoms with Gasteiger partial charge in [-0.05, 0) is 29.7 Å². The smallest absolute Gasteiger partial charge is 0.242 e. The van der Waals surface area contributed by atoms with Crippen LogP contribution >= 0.6 is 0 Å². The summed E-state index contributed by atoms with van der Waals surface area (Å²) >= 11 is 0. The second kappa shape index (κ2) is 6.50. The van der Waals surface area contributed by atoms with Crippen molar-refractivity contribution in [3.63, 3.8) is 0 Å². The zero-order valence-electron chi connectivity index (χ0n) is 12.0. The molecule has 1 unspecified atom stereocenters. The molecule has 21 heavy (non-hydrogen) atoms. The number of carbonyl (C=O) groups is 1. The highest BCUT2D eigenvalue weighted by Crippen LogP contribution is 2.26. The Bertz CT molecular complexity index is 615. The van der Waals surface area contributed by atoms with E-state index in [-0.39, 0.29) is 5.82 Å². The molecule has 0 aliphatic carbocycles. The van der Waals surface area contributed by atoms with Crippen LogP contribution in [0, 0.1) is 5.82 Å². The lowest BCUT2D eigenvalue weighted by atomic mass is 9.86. The fraction of sp³-hybridized carbons (Fsp3) is 0.235. The van der Waals surface area contributed by atoms with E-state index >= 15 is 0 Å². The third-order valence-electron chi connectivity index (χ3n) is 3.71. The van der Waals surface area contributed by atoms with Crippen LogP contribution in [0.4, 0.5) is 4.39 Å². The van der Waals surface area contributed by atoms with Crippen LogP contribution in [0.5, 0.6) is 0 Å². The highest BCUT2D eigenvalue weighted by atomic mass is 19.1. The fourth-order valence-electron chi connectivity index (χ4n) is 2.44. The van der Waals surface area contributed by atoms with E-state index in [2.05, 4.69) is 5.32 Å². The first-order valence-corrected chi connectivity index (χ1v) is 6.93. The highest BCUT2D eigenvalue weighted by molar-refractivity contribution is 5.86. The predicted molar refractivity (Wildman–Crippen MR) is 80.8 cm³/mol. The van der Waals surface area contributed by atoms with Crippen LogP contribution in [0.2, 0.25) is 0 Å². The van der Waals surface area contributed by atoms with Crippen LogP contribution in [0.15, 0.2) is 54.6 Å². The molecule has 1 amide bonds. The predicted octanol–water partition coefficient (Wildman–Crippen LogP) is 2.71. The maximum Gasteiger partial charge on any atom is 0.242 e. The number of primary amides is 1. The number of nitrogens with two attached hydrogens (primary N) is 1. The second-order valence-corrected chi connectivity index (χ2v) is 4.97. The molecule has 2 aromatic rings. The van der Waals surface area contributed by atoms with Crippen LogP contribution in [0.1, 0.15) is 24.5 Å². The number of rotatable bonds is 6. The second-order valence-electron chi connectivity index (χ2n) is 4.97. The van der Waals surface area contributed by atoms with Gasteiger partial charge < -0.3 is 5.73 Å². The largest absolute Gasteiger partial charge is 0.368 e. The molecular weight excluding hydrogens is 267 g/mol. The number of benzene rings is 2. The first kappa shape index (κ1) is 15.2. The van der Waals surface area contributed by atoms with Gasteiger partial charge in [-0.25, -0.2) is 4.39 Å². The lowest BCUT2D eigenvalue weighted by molar-refractivity contribution is -0.125. The maximum atomic E-state index is 13.5. The summed E-state index contributed by atoms with van der Waals surface area (Å²) in [7, 11) is 0. The summed E-state index contributed by atoms with van der Waals surface area (Å²) in [6, 6.07) is 15.7. The number of nitrogens with one attached hydrogen (secondary N) is 1. The summed E-state index contributed by atoms with van der Waals surface area (Å²) in [5, 5.41) is 3.20. The Labute approximate surface area is 124 Å². The van der Waals surface area contributed by atoms with Crippen LogP contribution in [0.3, 0.4) is 0 Å². The van der Waals surface area contributed by atoms with E-state index in [4.69, 9.17) is 5.73 Å².